The molecule has 0 saturated carbocycles. The summed E-state index contributed by atoms with van der Waals surface area (Å²) in [6, 6.07) is 12.5. The number of aryl methyl sites for hydroxylation is 1. The van der Waals surface area contributed by atoms with Gasteiger partial charge >= 0.3 is 0 Å². The molecule has 1 atom stereocenters. The average Bonchev–Trinajstić information content (AvgIpc) is 3.33. The van der Waals surface area contributed by atoms with E-state index >= 15 is 4.39 Å². The van der Waals surface area contributed by atoms with Crippen LogP contribution < -0.4 is 5.32 Å². The van der Waals surface area contributed by atoms with E-state index in [4.69, 9.17) is 11.2 Å². The second-order valence-electron chi connectivity index (χ2n) is 8.93. The van der Waals surface area contributed by atoms with E-state index in [0.717, 1.165) is 23.1 Å². The summed E-state index contributed by atoms with van der Waals surface area (Å²) in [4.78, 5) is 27.3. The molecule has 6 heteroatoms. The van der Waals surface area contributed by atoms with Crippen molar-refractivity contribution in [2.75, 3.05) is 26.3 Å². The van der Waals surface area contributed by atoms with Crippen molar-refractivity contribution in [2.24, 2.45) is 0 Å². The van der Waals surface area contributed by atoms with Crippen molar-refractivity contribution in [3.05, 3.63) is 70.3 Å². The molecule has 2 amide bonds. The number of nitrogens with one attached hydrogen (secondary N) is 1. The van der Waals surface area contributed by atoms with Crippen LogP contribution >= 0.6 is 0 Å². The molecule has 1 N–H and O–H groups in total. The molecule has 5 nitrogen and oxygen atoms in total. The van der Waals surface area contributed by atoms with Crippen LogP contribution in [0.4, 0.5) is 4.39 Å². The third-order valence-electron chi connectivity index (χ3n) is 6.65. The smallest absolute Gasteiger partial charge is 0.253 e. The highest BCUT2D eigenvalue weighted by Gasteiger charge is 2.37. The van der Waals surface area contributed by atoms with Crippen molar-refractivity contribution in [3.8, 4) is 12.3 Å². The van der Waals surface area contributed by atoms with Crippen LogP contribution in [0, 0.1) is 19.3 Å². The lowest BCUT2D eigenvalue weighted by molar-refractivity contribution is -0.121. The van der Waals surface area contributed by atoms with E-state index in [9.17, 15) is 9.59 Å². The van der Waals surface area contributed by atoms with E-state index in [1.54, 1.807) is 41.3 Å². The fraction of sp³-hybridized carbons (Fsp3) is 0.407. The fourth-order valence-corrected chi connectivity index (χ4v) is 4.50. The molecule has 0 aliphatic carbocycles. The number of ether oxygens (including phenoxy) is 1. The van der Waals surface area contributed by atoms with Gasteiger partial charge in [-0.3, -0.25) is 9.59 Å². The maximum absolute atomic E-state index is 15.6. The molecule has 0 spiro atoms. The quantitative estimate of drug-likeness (QED) is 0.712. The van der Waals surface area contributed by atoms with Crippen LogP contribution in [-0.4, -0.2) is 49.1 Å². The maximum Gasteiger partial charge on any atom is 0.253 e. The van der Waals surface area contributed by atoms with Gasteiger partial charge in [0.25, 0.3) is 5.91 Å². The number of halogens is 1. The van der Waals surface area contributed by atoms with E-state index in [-0.39, 0.29) is 37.1 Å². The van der Waals surface area contributed by atoms with E-state index in [1.807, 2.05) is 13.0 Å². The first-order chi connectivity index (χ1) is 15.9. The molecule has 2 aliphatic rings. The number of carbonyl (C=O) groups excluding carboxylic acids is 2. The van der Waals surface area contributed by atoms with Crippen LogP contribution in [0.25, 0.3) is 0 Å². The van der Waals surface area contributed by atoms with Crippen LogP contribution in [0.1, 0.15) is 51.9 Å². The van der Waals surface area contributed by atoms with Crippen molar-refractivity contribution >= 4 is 11.8 Å². The van der Waals surface area contributed by atoms with Gasteiger partial charge in [-0.2, -0.15) is 0 Å². The van der Waals surface area contributed by atoms with Gasteiger partial charge in [0.15, 0.2) is 0 Å². The number of amides is 2. The number of rotatable bonds is 5. The van der Waals surface area contributed by atoms with Gasteiger partial charge in [0.2, 0.25) is 5.91 Å². The molecule has 0 aromatic heterocycles. The zero-order chi connectivity index (χ0) is 23.4. The topological polar surface area (TPSA) is 58.6 Å². The van der Waals surface area contributed by atoms with Crippen LogP contribution in [0.5, 0.6) is 0 Å². The van der Waals surface area contributed by atoms with E-state index in [1.165, 1.54) is 0 Å². The highest BCUT2D eigenvalue weighted by atomic mass is 19.1. The Labute approximate surface area is 194 Å². The molecule has 2 heterocycles. The number of terminal acetylenes is 1. The number of likely N-dealkylation sites (tertiary alicyclic amines) is 1. The second-order valence-corrected chi connectivity index (χ2v) is 8.93. The fourth-order valence-electron chi connectivity index (χ4n) is 4.50. The first kappa shape index (κ1) is 23.0. The highest BCUT2D eigenvalue weighted by molar-refractivity contribution is 5.95. The molecule has 0 radical (unpaired) electrons. The van der Waals surface area contributed by atoms with Gasteiger partial charge < -0.3 is 15.0 Å². The summed E-state index contributed by atoms with van der Waals surface area (Å²) < 4.78 is 20.9. The minimum Gasteiger partial charge on any atom is -0.379 e. The predicted octanol–water partition coefficient (Wildman–Crippen LogP) is 3.52. The van der Waals surface area contributed by atoms with Crippen molar-refractivity contribution in [1.82, 2.24) is 10.2 Å². The van der Waals surface area contributed by atoms with Crippen molar-refractivity contribution in [3.63, 3.8) is 0 Å². The number of hydrogen-bond donors (Lipinski definition) is 1. The highest BCUT2D eigenvalue weighted by Crippen LogP contribution is 2.37. The van der Waals surface area contributed by atoms with Gasteiger partial charge in [-0.05, 0) is 54.3 Å². The zero-order valence-corrected chi connectivity index (χ0v) is 18.9. The number of piperidine rings is 1. The molecular weight excluding hydrogens is 419 g/mol. The van der Waals surface area contributed by atoms with Crippen LogP contribution in [0.2, 0.25) is 0 Å². The Bertz CT molecular complexity index is 1060. The number of carbonyl (C=O) groups is 2. The largest absolute Gasteiger partial charge is 0.379 e. The first-order valence-corrected chi connectivity index (χ1v) is 11.4. The third kappa shape index (κ3) is 5.26. The maximum atomic E-state index is 15.6. The molecule has 2 aromatic rings. The molecule has 2 aliphatic heterocycles. The summed E-state index contributed by atoms with van der Waals surface area (Å²) in [6.45, 7) is 3.80. The zero-order valence-electron chi connectivity index (χ0n) is 18.9. The molecule has 2 fully saturated rings. The Balaban J connectivity index is 1.39. The Hall–Kier alpha value is -3.17. The van der Waals surface area contributed by atoms with Crippen LogP contribution in [-0.2, 0) is 21.6 Å². The minimum atomic E-state index is -1.47. The van der Waals surface area contributed by atoms with Gasteiger partial charge in [0.05, 0.1) is 19.1 Å². The summed E-state index contributed by atoms with van der Waals surface area (Å²) in [5, 5.41) is 2.99. The van der Waals surface area contributed by atoms with Gasteiger partial charge in [-0.1, -0.05) is 24.1 Å². The SMILES string of the molecule is C#Cc1ccc(C2(F)CCN(C(=O)c3ccc(C)c(CC(=O)N[C@@H]4CCOC4)c3)CC2)cc1. The van der Waals surface area contributed by atoms with Crippen molar-refractivity contribution < 1.29 is 18.7 Å². The average molecular weight is 449 g/mol. The van der Waals surface area contributed by atoms with Gasteiger partial charge in [-0.15, -0.1) is 6.42 Å². The monoisotopic (exact) mass is 448 g/mol. The summed E-state index contributed by atoms with van der Waals surface area (Å²) in [6.07, 6.45) is 6.89. The number of alkyl halides is 1. The molecule has 0 unspecified atom stereocenters. The number of benzene rings is 2. The molecular formula is C27H29FN2O3. The summed E-state index contributed by atoms with van der Waals surface area (Å²) >= 11 is 0. The van der Waals surface area contributed by atoms with E-state index in [0.29, 0.717) is 37.4 Å². The van der Waals surface area contributed by atoms with Crippen LogP contribution in [0.3, 0.4) is 0 Å². The second kappa shape index (κ2) is 9.76. The van der Waals surface area contributed by atoms with E-state index < -0.39 is 5.67 Å². The summed E-state index contributed by atoms with van der Waals surface area (Å²) in [7, 11) is 0. The third-order valence-corrected chi connectivity index (χ3v) is 6.65. The Morgan fingerprint density at radius 2 is 1.94 bits per heavy atom. The lowest BCUT2D eigenvalue weighted by Gasteiger charge is -2.37. The first-order valence-electron chi connectivity index (χ1n) is 11.4. The summed E-state index contributed by atoms with van der Waals surface area (Å²) in [5.41, 5.74) is 2.16. The number of hydrogen-bond acceptors (Lipinski definition) is 3. The van der Waals surface area contributed by atoms with Crippen molar-refractivity contribution in [1.29, 1.82) is 0 Å². The molecule has 2 aromatic carbocycles. The van der Waals surface area contributed by atoms with Crippen LogP contribution in [0.15, 0.2) is 42.5 Å². The van der Waals surface area contributed by atoms with Gasteiger partial charge in [0, 0.05) is 43.7 Å². The summed E-state index contributed by atoms with van der Waals surface area (Å²) in [5.74, 6) is 2.33. The lowest BCUT2D eigenvalue weighted by Crippen LogP contribution is -2.43. The minimum absolute atomic E-state index is 0.0553. The van der Waals surface area contributed by atoms with Gasteiger partial charge in [-0.25, -0.2) is 4.39 Å². The molecule has 0 bridgehead atoms. The normalized spacial score (nSPS) is 19.7. The Morgan fingerprint density at radius 1 is 1.21 bits per heavy atom. The molecule has 33 heavy (non-hydrogen) atoms. The lowest BCUT2D eigenvalue weighted by atomic mass is 9.85. The standard InChI is InChI=1S/C27H29FN2O3/c1-3-20-5-8-23(9-6-20)27(28)11-13-30(14-12-27)26(32)21-7-4-19(2)22(16-21)17-25(31)29-24-10-15-33-18-24/h1,4-9,16,24H,10-15,17-18H2,2H3,(H,29,31)/t24-/m1/s1. The molecule has 4 rings (SSSR count). The van der Waals surface area contributed by atoms with Crippen molar-refractivity contribution in [2.45, 2.75) is 44.3 Å². The Kier molecular flexibility index (Phi) is 6.80. The predicted molar refractivity (Wildman–Crippen MR) is 125 cm³/mol. The molecule has 172 valence electrons. The van der Waals surface area contributed by atoms with E-state index in [2.05, 4.69) is 11.2 Å². The number of nitrogens with zero attached hydrogens (tertiary/aromatic N) is 1. The molecule has 2 saturated heterocycles. The Morgan fingerprint density at radius 3 is 2.58 bits per heavy atom. The van der Waals surface area contributed by atoms with Gasteiger partial charge in [0.1, 0.15) is 5.67 Å².